The minimum atomic E-state index is -4.94. The fourth-order valence-corrected chi connectivity index (χ4v) is 10.0. The molecule has 0 fully saturated rings. The number of aliphatic hydroxyl groups is 1. The van der Waals surface area contributed by atoms with Gasteiger partial charge in [-0.25, -0.2) is 9.13 Å². The molecule has 77 heavy (non-hydrogen) atoms. The maximum absolute atomic E-state index is 12.9. The predicted molar refractivity (Wildman–Crippen MR) is 303 cm³/mol. The van der Waals surface area contributed by atoms with Gasteiger partial charge >= 0.3 is 39.5 Å². The van der Waals surface area contributed by atoms with Crippen molar-refractivity contribution >= 4 is 39.5 Å². The topological polar surface area (TPSA) is 237 Å². The Morgan fingerprint density at radius 2 is 0.597 bits per heavy atom. The zero-order valence-corrected chi connectivity index (χ0v) is 51.0. The summed E-state index contributed by atoms with van der Waals surface area (Å²) in [7, 11) is -9.86. The van der Waals surface area contributed by atoms with Gasteiger partial charge in [0.1, 0.15) is 19.3 Å². The first-order chi connectivity index (χ1) is 36.9. The third kappa shape index (κ3) is 53.2. The van der Waals surface area contributed by atoms with Crippen molar-refractivity contribution in [3.63, 3.8) is 0 Å². The van der Waals surface area contributed by atoms with Crippen LogP contribution in [0.15, 0.2) is 0 Å². The van der Waals surface area contributed by atoms with Crippen LogP contribution in [0.5, 0.6) is 0 Å². The first-order valence-electron chi connectivity index (χ1n) is 30.5. The normalized spacial score (nSPS) is 14.5. The van der Waals surface area contributed by atoms with Gasteiger partial charge in [0.25, 0.3) is 0 Å². The third-order valence-corrected chi connectivity index (χ3v) is 15.1. The van der Waals surface area contributed by atoms with E-state index < -0.39 is 97.5 Å². The summed E-state index contributed by atoms with van der Waals surface area (Å²) < 4.78 is 67.5. The van der Waals surface area contributed by atoms with E-state index in [1.165, 1.54) is 83.5 Å². The highest BCUT2D eigenvalue weighted by Crippen LogP contribution is 2.45. The van der Waals surface area contributed by atoms with E-state index in [1.807, 2.05) is 0 Å². The van der Waals surface area contributed by atoms with Gasteiger partial charge < -0.3 is 33.8 Å². The van der Waals surface area contributed by atoms with Gasteiger partial charge in [0.15, 0.2) is 12.2 Å². The fraction of sp³-hybridized carbons (Fsp3) is 0.931. The largest absolute Gasteiger partial charge is 0.472 e. The summed E-state index contributed by atoms with van der Waals surface area (Å²) >= 11 is 0. The third-order valence-electron chi connectivity index (χ3n) is 13.2. The van der Waals surface area contributed by atoms with Crippen molar-refractivity contribution in [2.75, 3.05) is 39.6 Å². The number of phosphoric ester groups is 2. The molecule has 0 heterocycles. The summed E-state index contributed by atoms with van der Waals surface area (Å²) in [5, 5.41) is 10.5. The van der Waals surface area contributed by atoms with E-state index in [4.69, 9.17) is 37.0 Å². The first kappa shape index (κ1) is 75.1. The second-order valence-corrected chi connectivity index (χ2v) is 24.9. The maximum atomic E-state index is 12.9. The van der Waals surface area contributed by atoms with Crippen molar-refractivity contribution in [3.05, 3.63) is 0 Å². The molecule has 456 valence electrons. The van der Waals surface area contributed by atoms with Crippen LogP contribution in [0.1, 0.15) is 279 Å². The average Bonchev–Trinajstić information content (AvgIpc) is 3.38. The lowest BCUT2D eigenvalue weighted by Crippen LogP contribution is -2.30. The summed E-state index contributed by atoms with van der Waals surface area (Å²) in [6.07, 6.45) is 31.1. The molecule has 3 N–H and O–H groups in total. The monoisotopic (exact) mass is 1140 g/mol. The van der Waals surface area contributed by atoms with Crippen molar-refractivity contribution in [1.29, 1.82) is 0 Å². The highest BCUT2D eigenvalue weighted by atomic mass is 31.2. The number of hydrogen-bond acceptors (Lipinski definition) is 15. The first-order valence-corrected chi connectivity index (χ1v) is 33.5. The summed E-state index contributed by atoms with van der Waals surface area (Å²) in [6, 6.07) is 0. The molecule has 0 saturated heterocycles. The molecule has 0 aromatic heterocycles. The highest BCUT2D eigenvalue weighted by Gasteiger charge is 2.30. The van der Waals surface area contributed by atoms with Crippen LogP contribution in [0, 0.1) is 11.8 Å². The molecule has 2 unspecified atom stereocenters. The minimum absolute atomic E-state index is 0.103. The van der Waals surface area contributed by atoms with Crippen LogP contribution in [0.3, 0.4) is 0 Å². The second-order valence-electron chi connectivity index (χ2n) is 22.0. The van der Waals surface area contributed by atoms with Gasteiger partial charge in [-0.3, -0.25) is 37.3 Å². The van der Waals surface area contributed by atoms with Gasteiger partial charge in [-0.2, -0.15) is 0 Å². The van der Waals surface area contributed by atoms with Crippen LogP contribution >= 0.6 is 15.6 Å². The summed E-state index contributed by atoms with van der Waals surface area (Å²) in [6.45, 7) is 9.29. The minimum Gasteiger partial charge on any atom is -0.462 e. The molecule has 5 atom stereocenters. The molecule has 19 heteroatoms. The zero-order chi connectivity index (χ0) is 57.3. The highest BCUT2D eigenvalue weighted by molar-refractivity contribution is 7.47. The van der Waals surface area contributed by atoms with E-state index in [1.54, 1.807) is 0 Å². The van der Waals surface area contributed by atoms with Crippen molar-refractivity contribution in [2.45, 2.75) is 297 Å². The van der Waals surface area contributed by atoms with E-state index in [9.17, 15) is 43.2 Å². The molecule has 0 aliphatic carbocycles. The fourth-order valence-electron chi connectivity index (χ4n) is 8.47. The zero-order valence-electron chi connectivity index (χ0n) is 49.2. The van der Waals surface area contributed by atoms with Crippen LogP contribution in [-0.2, 0) is 65.4 Å². The van der Waals surface area contributed by atoms with E-state index >= 15 is 0 Å². The second kappa shape index (κ2) is 51.0. The number of rotatable bonds is 57. The molecule has 0 amide bonds. The molecular weight excluding hydrogens is 1030 g/mol. The SMILES string of the molecule is CCCCCCCCCCC(=O)O[C@H](COC(=O)CCCCCCC)COP(=O)(O)OC[C@H](O)COP(=O)(O)OC[C@@H](COC(=O)CCCCCCCCCCCC(C)C)OC(=O)CCCCCCCCCCCC(C)C. The van der Waals surface area contributed by atoms with Crippen molar-refractivity contribution < 1.29 is 80.2 Å². The summed E-state index contributed by atoms with van der Waals surface area (Å²) in [4.78, 5) is 71.6. The Kier molecular flexibility index (Phi) is 49.7. The van der Waals surface area contributed by atoms with Gasteiger partial charge in [-0.15, -0.1) is 0 Å². The number of carbonyl (C=O) groups is 4. The predicted octanol–water partition coefficient (Wildman–Crippen LogP) is 15.3. The van der Waals surface area contributed by atoms with Crippen molar-refractivity contribution in [1.82, 2.24) is 0 Å². The Morgan fingerprint density at radius 3 is 0.883 bits per heavy atom. The van der Waals surface area contributed by atoms with Gasteiger partial charge in [-0.1, -0.05) is 228 Å². The number of aliphatic hydroxyl groups excluding tert-OH is 1. The number of esters is 4. The summed E-state index contributed by atoms with van der Waals surface area (Å²) in [5.74, 6) is -0.676. The molecule has 0 saturated carbocycles. The quantitative estimate of drug-likeness (QED) is 0.0222. The van der Waals surface area contributed by atoms with Gasteiger partial charge in [0.05, 0.1) is 26.4 Å². The smallest absolute Gasteiger partial charge is 0.462 e. The molecular formula is C58H112O17P2. The molecule has 0 rings (SSSR count). The molecule has 0 aromatic carbocycles. The van der Waals surface area contributed by atoms with Gasteiger partial charge in [0, 0.05) is 25.7 Å². The molecule has 0 spiro atoms. The molecule has 17 nitrogen and oxygen atoms in total. The lowest BCUT2D eigenvalue weighted by Gasteiger charge is -2.21. The van der Waals surface area contributed by atoms with E-state index in [-0.39, 0.29) is 25.7 Å². The Morgan fingerprint density at radius 1 is 0.351 bits per heavy atom. The van der Waals surface area contributed by atoms with Gasteiger partial charge in [-0.05, 0) is 37.5 Å². The summed E-state index contributed by atoms with van der Waals surface area (Å²) in [5.41, 5.74) is 0. The maximum Gasteiger partial charge on any atom is 0.472 e. The molecule has 0 bridgehead atoms. The standard InChI is InChI=1S/C58H112O17P2/c1-7-9-11-13-14-23-30-36-42-57(62)74-53(46-68-55(60)40-34-26-12-10-8-2)48-72-76(64,65)70-44-52(59)45-71-77(66,67)73-49-54(75-58(63)43-37-31-25-20-16-18-22-28-33-39-51(5)6)47-69-56(61)41-35-29-24-19-15-17-21-27-32-38-50(3)4/h50-54,59H,7-49H2,1-6H3,(H,64,65)(H,66,67)/t52-,53+,54+/m0/s1. The molecule has 0 aliphatic heterocycles. The van der Waals surface area contributed by atoms with E-state index in [2.05, 4.69) is 41.5 Å². The Balaban J connectivity index is 5.18. The average molecular weight is 1140 g/mol. The number of ether oxygens (including phenoxy) is 4. The molecule has 0 aromatic rings. The van der Waals surface area contributed by atoms with Crippen LogP contribution in [0.4, 0.5) is 0 Å². The van der Waals surface area contributed by atoms with E-state index in [0.717, 1.165) is 115 Å². The van der Waals surface area contributed by atoms with Crippen LogP contribution in [0.2, 0.25) is 0 Å². The Labute approximate surface area is 467 Å². The Hall–Kier alpha value is -1.94. The lowest BCUT2D eigenvalue weighted by atomic mass is 10.0. The van der Waals surface area contributed by atoms with Crippen LogP contribution < -0.4 is 0 Å². The van der Waals surface area contributed by atoms with Crippen LogP contribution in [0.25, 0.3) is 0 Å². The van der Waals surface area contributed by atoms with E-state index in [0.29, 0.717) is 25.7 Å². The number of hydrogen-bond donors (Lipinski definition) is 3. The van der Waals surface area contributed by atoms with Crippen molar-refractivity contribution in [2.24, 2.45) is 11.8 Å². The number of carbonyl (C=O) groups excluding carboxylic acids is 4. The Bertz CT molecular complexity index is 1530. The molecule has 0 aliphatic rings. The number of phosphoric acid groups is 2. The van der Waals surface area contributed by atoms with Gasteiger partial charge in [0.2, 0.25) is 0 Å². The number of unbranched alkanes of at least 4 members (excludes halogenated alkanes) is 27. The van der Waals surface area contributed by atoms with Crippen LogP contribution in [-0.4, -0.2) is 96.7 Å². The lowest BCUT2D eigenvalue weighted by molar-refractivity contribution is -0.161. The molecule has 0 radical (unpaired) electrons. The van der Waals surface area contributed by atoms with Crippen molar-refractivity contribution in [3.8, 4) is 0 Å².